The lowest BCUT2D eigenvalue weighted by molar-refractivity contribution is 0.387. The Balaban J connectivity index is 2.41. The van der Waals surface area contributed by atoms with Gasteiger partial charge < -0.3 is 10.5 Å². The Kier molecular flexibility index (Phi) is 3.29. The minimum absolute atomic E-state index is 0.158. The summed E-state index contributed by atoms with van der Waals surface area (Å²) < 4.78 is 45.3. The Hall–Kier alpha value is -2.68. The first-order valence-corrected chi connectivity index (χ1v) is 5.13. The number of nitrogens with zero attached hydrogens (tertiary/aromatic N) is 1. The van der Waals surface area contributed by atoms with Crippen LogP contribution in [0.2, 0.25) is 0 Å². The van der Waals surface area contributed by atoms with E-state index in [0.29, 0.717) is 0 Å². The summed E-state index contributed by atoms with van der Waals surface area (Å²) in [7, 11) is 0. The van der Waals surface area contributed by atoms with Gasteiger partial charge in [0.05, 0.1) is 11.6 Å². The molecule has 3 nitrogen and oxygen atoms in total. The summed E-state index contributed by atoms with van der Waals surface area (Å²) in [5, 5.41) is 8.54. The molecule has 0 aliphatic heterocycles. The van der Waals surface area contributed by atoms with Crippen LogP contribution in [-0.2, 0) is 0 Å². The number of hydrogen-bond acceptors (Lipinski definition) is 3. The Morgan fingerprint density at radius 3 is 2.16 bits per heavy atom. The number of hydrogen-bond donors (Lipinski definition) is 1. The summed E-state index contributed by atoms with van der Waals surface area (Å²) >= 11 is 0. The van der Waals surface area contributed by atoms with E-state index >= 15 is 0 Å². The predicted octanol–water partition coefficient (Wildman–Crippen LogP) is 3.35. The van der Waals surface area contributed by atoms with Gasteiger partial charge in [0.15, 0.2) is 29.0 Å². The molecule has 0 bridgehead atoms. The van der Waals surface area contributed by atoms with Gasteiger partial charge in [-0.15, -0.1) is 0 Å². The summed E-state index contributed by atoms with van der Waals surface area (Å²) in [5.74, 6) is -4.16. The molecule has 0 radical (unpaired) electrons. The lowest BCUT2D eigenvalue weighted by atomic mass is 10.2. The van der Waals surface area contributed by atoms with Crippen molar-refractivity contribution >= 4 is 5.69 Å². The highest BCUT2D eigenvalue weighted by Gasteiger charge is 2.15. The fraction of sp³-hybridized carbons (Fsp3) is 0. The van der Waals surface area contributed by atoms with Gasteiger partial charge in [0.2, 0.25) is 0 Å². The fourth-order valence-corrected chi connectivity index (χ4v) is 1.43. The van der Waals surface area contributed by atoms with Crippen LogP contribution in [0.1, 0.15) is 5.56 Å². The third-order valence-electron chi connectivity index (χ3n) is 2.30. The van der Waals surface area contributed by atoms with E-state index in [4.69, 9.17) is 15.7 Å². The third-order valence-corrected chi connectivity index (χ3v) is 2.30. The van der Waals surface area contributed by atoms with E-state index in [-0.39, 0.29) is 17.0 Å². The molecule has 0 saturated heterocycles. The normalized spacial score (nSPS) is 10.0. The maximum atomic E-state index is 13.5. The number of nitrogens with two attached hydrogens (primary N) is 1. The molecule has 19 heavy (non-hydrogen) atoms. The lowest BCUT2D eigenvalue weighted by Gasteiger charge is -2.09. The van der Waals surface area contributed by atoms with Crippen molar-refractivity contribution in [3.05, 3.63) is 53.3 Å². The first-order valence-electron chi connectivity index (χ1n) is 5.13. The molecule has 0 unspecified atom stereocenters. The zero-order valence-electron chi connectivity index (χ0n) is 9.45. The number of nitrogen functional groups attached to an aromatic ring is 1. The molecular weight excluding hydrogens is 257 g/mol. The Morgan fingerprint density at radius 2 is 1.63 bits per heavy atom. The first kappa shape index (κ1) is 12.8. The fourth-order valence-electron chi connectivity index (χ4n) is 1.43. The second kappa shape index (κ2) is 4.90. The molecule has 0 fully saturated rings. The maximum absolute atomic E-state index is 13.5. The van der Waals surface area contributed by atoms with Gasteiger partial charge in [0.1, 0.15) is 0 Å². The highest BCUT2D eigenvalue weighted by Crippen LogP contribution is 2.30. The predicted molar refractivity (Wildman–Crippen MR) is 62.0 cm³/mol. The smallest absolute Gasteiger partial charge is 0.198 e. The average molecular weight is 264 g/mol. The van der Waals surface area contributed by atoms with Crippen LogP contribution in [0.3, 0.4) is 0 Å². The first-order chi connectivity index (χ1) is 9.01. The van der Waals surface area contributed by atoms with Crippen molar-refractivity contribution in [2.24, 2.45) is 0 Å². The van der Waals surface area contributed by atoms with Gasteiger partial charge in [0.25, 0.3) is 0 Å². The summed E-state index contributed by atoms with van der Waals surface area (Å²) in [5.41, 5.74) is 5.30. The van der Waals surface area contributed by atoms with Crippen LogP contribution in [0.25, 0.3) is 0 Å². The summed E-state index contributed by atoms with van der Waals surface area (Å²) in [6.07, 6.45) is 0. The van der Waals surface area contributed by atoms with Crippen LogP contribution < -0.4 is 10.5 Å². The summed E-state index contributed by atoms with van der Waals surface area (Å²) in [4.78, 5) is 0. The highest BCUT2D eigenvalue weighted by molar-refractivity contribution is 5.45. The molecule has 6 heteroatoms. The second-order valence-corrected chi connectivity index (χ2v) is 3.67. The van der Waals surface area contributed by atoms with Gasteiger partial charge in [0, 0.05) is 11.8 Å². The largest absolute Gasteiger partial charge is 0.448 e. The van der Waals surface area contributed by atoms with Crippen LogP contribution in [0.15, 0.2) is 30.3 Å². The number of benzene rings is 2. The lowest BCUT2D eigenvalue weighted by Crippen LogP contribution is -1.97. The number of anilines is 1. The van der Waals surface area contributed by atoms with E-state index in [1.165, 1.54) is 6.07 Å². The van der Waals surface area contributed by atoms with E-state index in [0.717, 1.165) is 24.3 Å². The van der Waals surface area contributed by atoms with Crippen molar-refractivity contribution in [3.63, 3.8) is 0 Å². The number of nitriles is 1. The van der Waals surface area contributed by atoms with Gasteiger partial charge >= 0.3 is 0 Å². The molecule has 0 spiro atoms. The highest BCUT2D eigenvalue weighted by atomic mass is 19.1. The molecule has 0 aliphatic rings. The Morgan fingerprint density at radius 1 is 1.00 bits per heavy atom. The molecule has 0 saturated carbocycles. The standard InChI is InChI=1S/C13H7F3N2O/c14-9-5-8(18)1-2-12(9)19-13-10(15)3-7(6-17)4-11(13)16/h1-5H,18H2. The minimum atomic E-state index is -1.09. The molecule has 0 amide bonds. The molecule has 2 rings (SSSR count). The van der Waals surface area contributed by atoms with Crippen LogP contribution in [0.5, 0.6) is 11.5 Å². The van der Waals surface area contributed by atoms with Crippen LogP contribution >= 0.6 is 0 Å². The van der Waals surface area contributed by atoms with E-state index in [1.807, 2.05) is 0 Å². The quantitative estimate of drug-likeness (QED) is 0.846. The van der Waals surface area contributed by atoms with Gasteiger partial charge in [-0.1, -0.05) is 0 Å². The monoisotopic (exact) mass is 264 g/mol. The van der Waals surface area contributed by atoms with Gasteiger partial charge in [-0.3, -0.25) is 0 Å². The minimum Gasteiger partial charge on any atom is -0.448 e. The zero-order valence-corrected chi connectivity index (χ0v) is 9.45. The van der Waals surface area contributed by atoms with E-state index in [1.54, 1.807) is 6.07 Å². The summed E-state index contributed by atoms with van der Waals surface area (Å²) in [6.45, 7) is 0. The van der Waals surface area contributed by atoms with Gasteiger partial charge in [-0.2, -0.15) is 5.26 Å². The van der Waals surface area contributed by atoms with Crippen molar-refractivity contribution in [2.75, 3.05) is 5.73 Å². The molecule has 0 atom stereocenters. The van der Waals surface area contributed by atoms with Crippen molar-refractivity contribution < 1.29 is 17.9 Å². The number of rotatable bonds is 2. The molecule has 96 valence electrons. The number of halogens is 3. The van der Waals surface area contributed by atoms with Crippen LogP contribution in [0, 0.1) is 28.8 Å². The zero-order chi connectivity index (χ0) is 14.0. The molecule has 2 N–H and O–H groups in total. The average Bonchev–Trinajstić information content (AvgIpc) is 2.35. The molecular formula is C13H7F3N2O. The topological polar surface area (TPSA) is 59.0 Å². The maximum Gasteiger partial charge on any atom is 0.198 e. The van der Waals surface area contributed by atoms with E-state index < -0.39 is 23.2 Å². The van der Waals surface area contributed by atoms with E-state index in [9.17, 15) is 13.2 Å². The molecule has 2 aromatic rings. The van der Waals surface area contributed by atoms with Gasteiger partial charge in [-0.25, -0.2) is 13.2 Å². The van der Waals surface area contributed by atoms with Crippen molar-refractivity contribution in [1.29, 1.82) is 5.26 Å². The second-order valence-electron chi connectivity index (χ2n) is 3.67. The van der Waals surface area contributed by atoms with Crippen LogP contribution in [-0.4, -0.2) is 0 Å². The van der Waals surface area contributed by atoms with Crippen molar-refractivity contribution in [2.45, 2.75) is 0 Å². The van der Waals surface area contributed by atoms with Crippen molar-refractivity contribution in [3.8, 4) is 17.6 Å². The summed E-state index contributed by atoms with van der Waals surface area (Å²) in [6, 6.07) is 6.64. The Bertz CT molecular complexity index is 657. The van der Waals surface area contributed by atoms with Crippen LogP contribution in [0.4, 0.5) is 18.9 Å². The molecule has 0 aliphatic carbocycles. The molecule has 0 aromatic heterocycles. The SMILES string of the molecule is N#Cc1cc(F)c(Oc2ccc(N)cc2F)c(F)c1. The molecule has 2 aromatic carbocycles. The third kappa shape index (κ3) is 2.60. The van der Waals surface area contributed by atoms with Gasteiger partial charge in [-0.05, 0) is 24.3 Å². The van der Waals surface area contributed by atoms with E-state index in [2.05, 4.69) is 0 Å². The number of ether oxygens (including phenoxy) is 1. The van der Waals surface area contributed by atoms with Crippen molar-refractivity contribution in [1.82, 2.24) is 0 Å². The molecule has 0 heterocycles. The Labute approximate surface area is 106 Å².